The van der Waals surface area contributed by atoms with Crippen molar-refractivity contribution in [1.29, 1.82) is 0 Å². The highest BCUT2D eigenvalue weighted by molar-refractivity contribution is 9.10. The van der Waals surface area contributed by atoms with E-state index in [1.54, 1.807) is 0 Å². The fourth-order valence-electron chi connectivity index (χ4n) is 2.17. The van der Waals surface area contributed by atoms with E-state index >= 15 is 0 Å². The number of benzene rings is 2. The van der Waals surface area contributed by atoms with Gasteiger partial charge in [-0.15, -0.1) is 24.8 Å². The van der Waals surface area contributed by atoms with Gasteiger partial charge >= 0.3 is 0 Å². The van der Waals surface area contributed by atoms with Gasteiger partial charge in [-0.3, -0.25) is 0 Å². The van der Waals surface area contributed by atoms with E-state index in [-0.39, 0.29) is 31.4 Å². The highest BCUT2D eigenvalue weighted by Gasteiger charge is 2.05. The first kappa shape index (κ1) is 24.2. The van der Waals surface area contributed by atoms with Crippen molar-refractivity contribution in [2.24, 2.45) is 0 Å². The molecule has 2 rings (SSSR count). The lowest BCUT2D eigenvalue weighted by molar-refractivity contribution is 0.292. The molecule has 0 radical (unpaired) electrons. The van der Waals surface area contributed by atoms with Gasteiger partial charge in [0.15, 0.2) is 0 Å². The highest BCUT2D eigenvalue weighted by atomic mass is 79.9. The average Bonchev–Trinajstić information content (AvgIpc) is 2.58. The third kappa shape index (κ3) is 9.45. The SMILES string of the molecule is Cl.Cl.OCCNCCNCc1cc(Br)ccc1OCc1ccccc1. The van der Waals surface area contributed by atoms with Gasteiger partial charge in [0.05, 0.1) is 6.61 Å². The summed E-state index contributed by atoms with van der Waals surface area (Å²) >= 11 is 3.51. The second-order valence-corrected chi connectivity index (χ2v) is 6.09. The smallest absolute Gasteiger partial charge is 0.124 e. The van der Waals surface area contributed by atoms with Crippen LogP contribution < -0.4 is 15.4 Å². The number of ether oxygens (including phenoxy) is 1. The van der Waals surface area contributed by atoms with Crippen LogP contribution in [0.25, 0.3) is 0 Å². The number of aliphatic hydroxyl groups is 1. The molecule has 0 saturated heterocycles. The van der Waals surface area contributed by atoms with Gasteiger partial charge in [0.2, 0.25) is 0 Å². The van der Waals surface area contributed by atoms with Gasteiger partial charge in [-0.25, -0.2) is 0 Å². The molecule has 0 aliphatic carbocycles. The van der Waals surface area contributed by atoms with E-state index in [1.807, 2.05) is 30.3 Å². The van der Waals surface area contributed by atoms with Crippen molar-refractivity contribution in [2.75, 3.05) is 26.2 Å². The lowest BCUT2D eigenvalue weighted by Crippen LogP contribution is -2.28. The monoisotopic (exact) mass is 450 g/mol. The van der Waals surface area contributed by atoms with Gasteiger partial charge in [0, 0.05) is 36.2 Å². The maximum atomic E-state index is 8.72. The van der Waals surface area contributed by atoms with Crippen LogP contribution in [0.2, 0.25) is 0 Å². The molecule has 2 aromatic rings. The van der Waals surface area contributed by atoms with E-state index in [0.29, 0.717) is 13.2 Å². The first-order chi connectivity index (χ1) is 11.3. The van der Waals surface area contributed by atoms with Crippen molar-refractivity contribution in [1.82, 2.24) is 10.6 Å². The summed E-state index contributed by atoms with van der Waals surface area (Å²) in [5, 5.41) is 15.2. The third-order valence-electron chi connectivity index (χ3n) is 3.34. The Labute approximate surface area is 170 Å². The quantitative estimate of drug-likeness (QED) is 0.483. The van der Waals surface area contributed by atoms with Crippen LogP contribution in [0.3, 0.4) is 0 Å². The maximum Gasteiger partial charge on any atom is 0.124 e. The number of hydrogen-bond acceptors (Lipinski definition) is 4. The average molecular weight is 452 g/mol. The minimum Gasteiger partial charge on any atom is -0.489 e. The molecule has 140 valence electrons. The van der Waals surface area contributed by atoms with Crippen LogP contribution in [-0.4, -0.2) is 31.3 Å². The lowest BCUT2D eigenvalue weighted by Gasteiger charge is -2.13. The number of rotatable bonds is 10. The highest BCUT2D eigenvalue weighted by Crippen LogP contribution is 2.24. The van der Waals surface area contributed by atoms with Crippen molar-refractivity contribution in [2.45, 2.75) is 13.2 Å². The molecule has 0 unspecified atom stereocenters. The summed E-state index contributed by atoms with van der Waals surface area (Å²) in [7, 11) is 0. The zero-order chi connectivity index (χ0) is 16.3. The summed E-state index contributed by atoms with van der Waals surface area (Å²) in [6.07, 6.45) is 0. The molecule has 0 aromatic heterocycles. The Balaban J connectivity index is 0.00000288. The van der Waals surface area contributed by atoms with Gasteiger partial charge in [-0.2, -0.15) is 0 Å². The lowest BCUT2D eigenvalue weighted by atomic mass is 10.2. The Kier molecular flexibility index (Phi) is 13.9. The van der Waals surface area contributed by atoms with Gasteiger partial charge < -0.3 is 20.5 Å². The summed E-state index contributed by atoms with van der Waals surface area (Å²) in [5.74, 6) is 0.896. The third-order valence-corrected chi connectivity index (χ3v) is 3.84. The molecule has 4 nitrogen and oxygen atoms in total. The van der Waals surface area contributed by atoms with Crippen molar-refractivity contribution >= 4 is 40.7 Å². The standard InChI is InChI=1S/C18H23BrN2O2.2ClH/c19-17-6-7-18(23-14-15-4-2-1-3-5-15)16(12-17)13-21-9-8-20-10-11-22;;/h1-7,12,20-22H,8-11,13-14H2;2*1H. The van der Waals surface area contributed by atoms with Crippen LogP contribution in [-0.2, 0) is 13.2 Å². The number of halogens is 3. The van der Waals surface area contributed by atoms with E-state index in [4.69, 9.17) is 9.84 Å². The first-order valence-corrected chi connectivity index (χ1v) is 8.56. The minimum atomic E-state index is 0. The molecule has 25 heavy (non-hydrogen) atoms. The molecule has 7 heteroatoms. The summed E-state index contributed by atoms with van der Waals surface area (Å²) in [5.41, 5.74) is 2.28. The van der Waals surface area contributed by atoms with E-state index in [9.17, 15) is 0 Å². The van der Waals surface area contributed by atoms with Crippen LogP contribution in [0.15, 0.2) is 53.0 Å². The van der Waals surface area contributed by atoms with E-state index in [2.05, 4.69) is 44.8 Å². The number of hydrogen-bond donors (Lipinski definition) is 3. The predicted molar refractivity (Wildman–Crippen MR) is 111 cm³/mol. The molecule has 0 aliphatic rings. The van der Waals surface area contributed by atoms with Crippen molar-refractivity contribution < 1.29 is 9.84 Å². The zero-order valence-corrected chi connectivity index (χ0v) is 17.1. The van der Waals surface area contributed by atoms with Gasteiger partial charge in [0.1, 0.15) is 12.4 Å². The molecule has 0 saturated carbocycles. The molecule has 0 amide bonds. The normalized spacial score (nSPS) is 9.84. The van der Waals surface area contributed by atoms with Gasteiger partial charge in [0.25, 0.3) is 0 Å². The van der Waals surface area contributed by atoms with Crippen LogP contribution in [0.1, 0.15) is 11.1 Å². The predicted octanol–water partition coefficient (Wildman–Crippen LogP) is 3.54. The van der Waals surface area contributed by atoms with E-state index in [1.165, 1.54) is 0 Å². The Bertz CT molecular complexity index is 589. The molecule has 0 fully saturated rings. The van der Waals surface area contributed by atoms with Crippen LogP contribution in [0.5, 0.6) is 5.75 Å². The van der Waals surface area contributed by atoms with Crippen molar-refractivity contribution in [3.63, 3.8) is 0 Å². The molecular formula is C18H25BrCl2N2O2. The second-order valence-electron chi connectivity index (χ2n) is 5.18. The molecular weight excluding hydrogens is 427 g/mol. The van der Waals surface area contributed by atoms with E-state index in [0.717, 1.165) is 41.0 Å². The largest absolute Gasteiger partial charge is 0.489 e. The van der Waals surface area contributed by atoms with Gasteiger partial charge in [-0.05, 0) is 23.8 Å². The number of nitrogens with one attached hydrogen (secondary N) is 2. The summed E-state index contributed by atoms with van der Waals surface area (Å²) in [6.45, 7) is 3.77. The Hall–Kier alpha value is -0.820. The minimum absolute atomic E-state index is 0. The Morgan fingerprint density at radius 1 is 0.920 bits per heavy atom. The fourth-order valence-corrected chi connectivity index (χ4v) is 2.57. The van der Waals surface area contributed by atoms with Crippen molar-refractivity contribution in [3.8, 4) is 5.75 Å². The van der Waals surface area contributed by atoms with Crippen LogP contribution >= 0.6 is 40.7 Å². The second kappa shape index (κ2) is 14.4. The van der Waals surface area contributed by atoms with Crippen LogP contribution in [0, 0.1) is 0 Å². The molecule has 0 aliphatic heterocycles. The molecule has 2 aromatic carbocycles. The summed E-state index contributed by atoms with van der Waals surface area (Å²) < 4.78 is 7.01. The molecule has 0 spiro atoms. The van der Waals surface area contributed by atoms with E-state index < -0.39 is 0 Å². The number of aliphatic hydroxyl groups excluding tert-OH is 1. The summed E-state index contributed by atoms with van der Waals surface area (Å²) in [4.78, 5) is 0. The fraction of sp³-hybridized carbons (Fsp3) is 0.333. The van der Waals surface area contributed by atoms with Crippen LogP contribution in [0.4, 0.5) is 0 Å². The topological polar surface area (TPSA) is 53.5 Å². The molecule has 0 bridgehead atoms. The maximum absolute atomic E-state index is 8.72. The Morgan fingerprint density at radius 3 is 2.36 bits per heavy atom. The van der Waals surface area contributed by atoms with Gasteiger partial charge in [-0.1, -0.05) is 46.3 Å². The molecule has 0 atom stereocenters. The van der Waals surface area contributed by atoms with Crippen molar-refractivity contribution in [3.05, 3.63) is 64.1 Å². The Morgan fingerprint density at radius 2 is 1.64 bits per heavy atom. The molecule has 0 heterocycles. The zero-order valence-electron chi connectivity index (χ0n) is 13.9. The summed E-state index contributed by atoms with van der Waals surface area (Å²) in [6, 6.07) is 16.2. The first-order valence-electron chi connectivity index (χ1n) is 7.77. The molecule has 3 N–H and O–H groups in total.